The molecule has 0 aromatic carbocycles. The topological polar surface area (TPSA) is 30.5 Å². The molecule has 3 heteroatoms. The van der Waals surface area contributed by atoms with Crippen LogP contribution in [-0.4, -0.2) is 38.0 Å². The number of nitrogens with one attached hydrogen (secondary N) is 1. The molecule has 1 N–H and O–H groups in total. The quantitative estimate of drug-likeness (QED) is 0.727. The summed E-state index contributed by atoms with van der Waals surface area (Å²) >= 11 is 0. The zero-order valence-electron chi connectivity index (χ0n) is 11.2. The summed E-state index contributed by atoms with van der Waals surface area (Å²) in [4.78, 5) is 0. The van der Waals surface area contributed by atoms with Gasteiger partial charge in [0.25, 0.3) is 0 Å². The minimum atomic E-state index is -0.0315. The first-order chi connectivity index (χ1) is 7.53. The van der Waals surface area contributed by atoms with Crippen molar-refractivity contribution in [2.75, 3.05) is 20.3 Å². The fourth-order valence-corrected chi connectivity index (χ4v) is 2.26. The summed E-state index contributed by atoms with van der Waals surface area (Å²) in [6.07, 6.45) is 5.14. The van der Waals surface area contributed by atoms with Crippen molar-refractivity contribution < 1.29 is 9.47 Å². The molecule has 0 aromatic heterocycles. The van der Waals surface area contributed by atoms with Crippen molar-refractivity contribution in [3.8, 4) is 0 Å². The van der Waals surface area contributed by atoms with Crippen LogP contribution in [0, 0.1) is 0 Å². The molecule has 96 valence electrons. The summed E-state index contributed by atoms with van der Waals surface area (Å²) in [7, 11) is 1.78. The molecule has 0 amide bonds. The minimum absolute atomic E-state index is 0.0315. The lowest BCUT2D eigenvalue weighted by Crippen LogP contribution is -2.36. The molecule has 1 rings (SSSR count). The Kier molecular flexibility index (Phi) is 5.73. The first kappa shape index (κ1) is 13.9. The van der Waals surface area contributed by atoms with Gasteiger partial charge in [0.15, 0.2) is 0 Å². The fourth-order valence-electron chi connectivity index (χ4n) is 2.26. The molecule has 16 heavy (non-hydrogen) atoms. The molecule has 1 heterocycles. The molecular formula is C13H27NO2. The Bertz CT molecular complexity index is 188. The van der Waals surface area contributed by atoms with Gasteiger partial charge < -0.3 is 14.8 Å². The summed E-state index contributed by atoms with van der Waals surface area (Å²) in [6, 6.07) is 0.497. The molecule has 0 aliphatic carbocycles. The van der Waals surface area contributed by atoms with E-state index in [9.17, 15) is 0 Å². The van der Waals surface area contributed by atoms with Gasteiger partial charge in [-0.15, -0.1) is 0 Å². The molecule has 3 nitrogen and oxygen atoms in total. The Labute approximate surface area is 99.9 Å². The second-order valence-corrected chi connectivity index (χ2v) is 5.45. The lowest BCUT2D eigenvalue weighted by atomic mass is 10.00. The molecule has 1 aliphatic rings. The van der Waals surface area contributed by atoms with E-state index in [1.165, 1.54) is 12.8 Å². The maximum atomic E-state index is 5.59. The van der Waals surface area contributed by atoms with Crippen molar-refractivity contribution in [2.24, 2.45) is 0 Å². The molecule has 0 spiro atoms. The lowest BCUT2D eigenvalue weighted by molar-refractivity contribution is 0.00826. The Hall–Kier alpha value is -0.120. The number of hydrogen-bond donors (Lipinski definition) is 1. The molecule has 0 bridgehead atoms. The third-order valence-corrected chi connectivity index (χ3v) is 3.33. The molecular weight excluding hydrogens is 202 g/mol. The SMILES string of the molecule is COC(C)(C)CC(C)NCCC1CCCO1. The van der Waals surface area contributed by atoms with Crippen LogP contribution in [-0.2, 0) is 9.47 Å². The highest BCUT2D eigenvalue weighted by Gasteiger charge is 2.20. The Morgan fingerprint density at radius 3 is 2.81 bits per heavy atom. The third-order valence-electron chi connectivity index (χ3n) is 3.33. The number of methoxy groups -OCH3 is 1. The maximum Gasteiger partial charge on any atom is 0.0637 e. The van der Waals surface area contributed by atoms with Gasteiger partial charge in [0.05, 0.1) is 11.7 Å². The van der Waals surface area contributed by atoms with Crippen molar-refractivity contribution in [1.82, 2.24) is 5.32 Å². The van der Waals surface area contributed by atoms with Gasteiger partial charge in [0.1, 0.15) is 0 Å². The van der Waals surface area contributed by atoms with Crippen LogP contribution in [0.25, 0.3) is 0 Å². The van der Waals surface area contributed by atoms with Crippen LogP contribution < -0.4 is 5.32 Å². The highest BCUT2D eigenvalue weighted by atomic mass is 16.5. The molecule has 0 radical (unpaired) electrons. The van der Waals surface area contributed by atoms with Gasteiger partial charge in [-0.2, -0.15) is 0 Å². The van der Waals surface area contributed by atoms with Gasteiger partial charge in [-0.3, -0.25) is 0 Å². The lowest BCUT2D eigenvalue weighted by Gasteiger charge is -2.27. The highest BCUT2D eigenvalue weighted by molar-refractivity contribution is 4.76. The normalized spacial score (nSPS) is 23.6. The van der Waals surface area contributed by atoms with E-state index >= 15 is 0 Å². The van der Waals surface area contributed by atoms with E-state index < -0.39 is 0 Å². The smallest absolute Gasteiger partial charge is 0.0637 e. The van der Waals surface area contributed by atoms with E-state index in [-0.39, 0.29) is 5.60 Å². The van der Waals surface area contributed by atoms with Crippen molar-refractivity contribution in [2.45, 2.75) is 64.2 Å². The first-order valence-electron chi connectivity index (χ1n) is 6.43. The Morgan fingerprint density at radius 1 is 1.50 bits per heavy atom. The second-order valence-electron chi connectivity index (χ2n) is 5.45. The number of ether oxygens (including phenoxy) is 2. The second kappa shape index (κ2) is 6.58. The average Bonchev–Trinajstić information content (AvgIpc) is 2.70. The molecule has 1 fully saturated rings. The molecule has 1 aliphatic heterocycles. The largest absolute Gasteiger partial charge is 0.379 e. The standard InChI is InChI=1S/C13H27NO2/c1-11(10-13(2,3)15-4)14-8-7-12-6-5-9-16-12/h11-12,14H,5-10H2,1-4H3. The van der Waals surface area contributed by atoms with E-state index in [0.29, 0.717) is 12.1 Å². The summed E-state index contributed by atoms with van der Waals surface area (Å²) < 4.78 is 11.0. The van der Waals surface area contributed by atoms with Crippen LogP contribution in [0.2, 0.25) is 0 Å². The van der Waals surface area contributed by atoms with Crippen molar-refractivity contribution in [3.63, 3.8) is 0 Å². The van der Waals surface area contributed by atoms with Crippen LogP contribution in [0.15, 0.2) is 0 Å². The van der Waals surface area contributed by atoms with Gasteiger partial charge in [0, 0.05) is 19.8 Å². The van der Waals surface area contributed by atoms with E-state index in [2.05, 4.69) is 26.1 Å². The van der Waals surface area contributed by atoms with Gasteiger partial charge in [-0.05, 0) is 53.0 Å². The minimum Gasteiger partial charge on any atom is -0.379 e. The zero-order chi connectivity index (χ0) is 12.0. The fraction of sp³-hybridized carbons (Fsp3) is 1.00. The Morgan fingerprint density at radius 2 is 2.25 bits per heavy atom. The van der Waals surface area contributed by atoms with E-state index in [0.717, 1.165) is 26.0 Å². The summed E-state index contributed by atoms with van der Waals surface area (Å²) in [6.45, 7) is 8.48. The van der Waals surface area contributed by atoms with Crippen LogP contribution in [0.3, 0.4) is 0 Å². The summed E-state index contributed by atoms with van der Waals surface area (Å²) in [5.41, 5.74) is -0.0315. The van der Waals surface area contributed by atoms with Gasteiger partial charge in [-0.1, -0.05) is 0 Å². The van der Waals surface area contributed by atoms with E-state index in [1.54, 1.807) is 7.11 Å². The monoisotopic (exact) mass is 229 g/mol. The zero-order valence-corrected chi connectivity index (χ0v) is 11.2. The molecule has 1 saturated heterocycles. The predicted molar refractivity (Wildman–Crippen MR) is 66.8 cm³/mol. The van der Waals surface area contributed by atoms with E-state index in [4.69, 9.17) is 9.47 Å². The van der Waals surface area contributed by atoms with Crippen LogP contribution >= 0.6 is 0 Å². The average molecular weight is 229 g/mol. The third kappa shape index (κ3) is 5.28. The molecule has 2 unspecified atom stereocenters. The molecule has 2 atom stereocenters. The van der Waals surface area contributed by atoms with Gasteiger partial charge >= 0.3 is 0 Å². The summed E-state index contributed by atoms with van der Waals surface area (Å²) in [5.74, 6) is 0. The predicted octanol–water partition coefficient (Wildman–Crippen LogP) is 2.35. The highest BCUT2D eigenvalue weighted by Crippen LogP contribution is 2.16. The van der Waals surface area contributed by atoms with Crippen molar-refractivity contribution in [3.05, 3.63) is 0 Å². The van der Waals surface area contributed by atoms with Crippen LogP contribution in [0.5, 0.6) is 0 Å². The summed E-state index contributed by atoms with van der Waals surface area (Å²) in [5, 5.41) is 3.54. The van der Waals surface area contributed by atoms with Gasteiger partial charge in [-0.25, -0.2) is 0 Å². The molecule has 0 aromatic rings. The molecule has 0 saturated carbocycles. The van der Waals surface area contributed by atoms with E-state index in [1.807, 2.05) is 0 Å². The van der Waals surface area contributed by atoms with Crippen LogP contribution in [0.1, 0.15) is 46.5 Å². The van der Waals surface area contributed by atoms with Crippen LogP contribution in [0.4, 0.5) is 0 Å². The van der Waals surface area contributed by atoms with Gasteiger partial charge in [0.2, 0.25) is 0 Å². The number of hydrogen-bond acceptors (Lipinski definition) is 3. The Balaban J connectivity index is 2.07. The van der Waals surface area contributed by atoms with Crippen molar-refractivity contribution in [1.29, 1.82) is 0 Å². The number of rotatable bonds is 7. The maximum absolute atomic E-state index is 5.59. The van der Waals surface area contributed by atoms with Crippen molar-refractivity contribution >= 4 is 0 Å². The first-order valence-corrected chi connectivity index (χ1v) is 6.43.